The Morgan fingerprint density at radius 1 is 1.15 bits per heavy atom. The lowest BCUT2D eigenvalue weighted by molar-refractivity contribution is 0.170. The lowest BCUT2D eigenvalue weighted by atomic mass is 9.97. The summed E-state index contributed by atoms with van der Waals surface area (Å²) >= 11 is 0. The summed E-state index contributed by atoms with van der Waals surface area (Å²) in [5.41, 5.74) is 1.90. The van der Waals surface area contributed by atoms with E-state index >= 15 is 0 Å². The van der Waals surface area contributed by atoms with Crippen LogP contribution in [0.3, 0.4) is 0 Å². The molecule has 0 aromatic carbocycles. The quantitative estimate of drug-likeness (QED) is 0.719. The molecule has 1 saturated heterocycles. The van der Waals surface area contributed by atoms with Gasteiger partial charge < -0.3 is 9.73 Å². The van der Waals surface area contributed by atoms with Crippen LogP contribution in [0.1, 0.15) is 24.4 Å². The zero-order valence-electron chi connectivity index (χ0n) is 15.6. The number of aryl methyl sites for hydroxylation is 1. The lowest BCUT2D eigenvalue weighted by Crippen LogP contribution is -2.35. The Morgan fingerprint density at radius 2 is 2.04 bits per heavy atom. The molecule has 1 aliphatic rings. The molecule has 0 radical (unpaired) electrons. The van der Waals surface area contributed by atoms with Gasteiger partial charge in [0, 0.05) is 30.7 Å². The molecule has 1 N–H and O–H groups in total. The summed E-state index contributed by atoms with van der Waals surface area (Å²) in [6, 6.07) is 9.95. The second-order valence-corrected chi connectivity index (χ2v) is 7.12. The van der Waals surface area contributed by atoms with E-state index < -0.39 is 0 Å². The van der Waals surface area contributed by atoms with Crippen LogP contribution < -0.4 is 5.32 Å². The van der Waals surface area contributed by atoms with E-state index in [0.717, 1.165) is 49.0 Å². The molecular formula is C21H25N5O. The molecule has 0 saturated carbocycles. The van der Waals surface area contributed by atoms with E-state index in [1.807, 2.05) is 37.4 Å². The van der Waals surface area contributed by atoms with Gasteiger partial charge in [0.25, 0.3) is 0 Å². The fourth-order valence-electron chi connectivity index (χ4n) is 3.49. The third kappa shape index (κ3) is 4.71. The minimum absolute atomic E-state index is 0.644. The number of likely N-dealkylation sites (tertiary alicyclic amines) is 1. The van der Waals surface area contributed by atoms with Gasteiger partial charge in [-0.15, -0.1) is 0 Å². The Hall–Kier alpha value is -2.73. The summed E-state index contributed by atoms with van der Waals surface area (Å²) in [6.07, 6.45) is 7.74. The summed E-state index contributed by atoms with van der Waals surface area (Å²) in [6.45, 7) is 6.01. The average molecular weight is 363 g/mol. The van der Waals surface area contributed by atoms with Crippen molar-refractivity contribution in [3.05, 3.63) is 60.4 Å². The summed E-state index contributed by atoms with van der Waals surface area (Å²) in [7, 11) is 0. The summed E-state index contributed by atoms with van der Waals surface area (Å²) < 4.78 is 5.69. The zero-order chi connectivity index (χ0) is 18.5. The van der Waals surface area contributed by atoms with Crippen LogP contribution in [0.15, 0.2) is 53.3 Å². The van der Waals surface area contributed by atoms with E-state index in [1.165, 1.54) is 12.8 Å². The molecule has 140 valence electrons. The highest BCUT2D eigenvalue weighted by molar-refractivity contribution is 5.58. The normalized spacial score (nSPS) is 15.7. The van der Waals surface area contributed by atoms with Gasteiger partial charge in [0.1, 0.15) is 11.5 Å². The maximum atomic E-state index is 5.69. The number of rotatable bonds is 6. The maximum absolute atomic E-state index is 5.69. The highest BCUT2D eigenvalue weighted by atomic mass is 16.3. The molecule has 6 nitrogen and oxygen atoms in total. The monoisotopic (exact) mass is 363 g/mol. The fraction of sp³-hybridized carbons (Fsp3) is 0.381. The SMILES string of the molecule is Cc1ccc(CN2CCC(CNc3nccc(-c4cccnc4)n3)CC2)o1. The van der Waals surface area contributed by atoms with E-state index in [1.54, 1.807) is 12.4 Å². The number of pyridine rings is 1. The van der Waals surface area contributed by atoms with Gasteiger partial charge in [-0.1, -0.05) is 0 Å². The smallest absolute Gasteiger partial charge is 0.223 e. The molecule has 0 spiro atoms. The van der Waals surface area contributed by atoms with Gasteiger partial charge in [-0.05, 0) is 69.1 Å². The summed E-state index contributed by atoms with van der Waals surface area (Å²) in [5.74, 6) is 3.37. The van der Waals surface area contributed by atoms with Gasteiger partial charge >= 0.3 is 0 Å². The molecular weight excluding hydrogens is 338 g/mol. The van der Waals surface area contributed by atoms with Crippen molar-refractivity contribution in [3.8, 4) is 11.3 Å². The van der Waals surface area contributed by atoms with Gasteiger partial charge in [0.2, 0.25) is 5.95 Å². The maximum Gasteiger partial charge on any atom is 0.223 e. The van der Waals surface area contributed by atoms with E-state index in [9.17, 15) is 0 Å². The number of aromatic nitrogens is 3. The molecule has 0 amide bonds. The van der Waals surface area contributed by atoms with E-state index in [2.05, 4.69) is 31.2 Å². The Balaban J connectivity index is 1.26. The van der Waals surface area contributed by atoms with Gasteiger partial charge in [0.05, 0.1) is 12.2 Å². The summed E-state index contributed by atoms with van der Waals surface area (Å²) in [5, 5.41) is 3.41. The molecule has 1 aliphatic heterocycles. The van der Waals surface area contributed by atoms with Crippen molar-refractivity contribution in [3.63, 3.8) is 0 Å². The van der Waals surface area contributed by atoms with Crippen LogP contribution in [-0.2, 0) is 6.54 Å². The minimum atomic E-state index is 0.644. The first-order valence-electron chi connectivity index (χ1n) is 9.51. The first-order chi connectivity index (χ1) is 13.3. The molecule has 3 aromatic rings. The number of anilines is 1. The van der Waals surface area contributed by atoms with E-state index in [0.29, 0.717) is 11.9 Å². The second kappa shape index (κ2) is 8.31. The van der Waals surface area contributed by atoms with E-state index in [4.69, 9.17) is 4.42 Å². The topological polar surface area (TPSA) is 67.1 Å². The van der Waals surface area contributed by atoms with Crippen LogP contribution >= 0.6 is 0 Å². The third-order valence-electron chi connectivity index (χ3n) is 5.04. The number of nitrogens with zero attached hydrogens (tertiary/aromatic N) is 4. The number of furan rings is 1. The first kappa shape index (κ1) is 17.7. The molecule has 4 heterocycles. The lowest BCUT2D eigenvalue weighted by Gasteiger charge is -2.31. The molecule has 3 aromatic heterocycles. The largest absolute Gasteiger partial charge is 0.465 e. The van der Waals surface area contributed by atoms with Crippen LogP contribution in [0.2, 0.25) is 0 Å². The molecule has 0 bridgehead atoms. The van der Waals surface area contributed by atoms with Crippen LogP contribution in [0.25, 0.3) is 11.3 Å². The van der Waals surface area contributed by atoms with Crippen molar-refractivity contribution < 1.29 is 4.42 Å². The average Bonchev–Trinajstić information content (AvgIpc) is 3.13. The molecule has 0 unspecified atom stereocenters. The highest BCUT2D eigenvalue weighted by Crippen LogP contribution is 2.21. The fourth-order valence-corrected chi connectivity index (χ4v) is 3.49. The predicted octanol–water partition coefficient (Wildman–Crippen LogP) is 3.76. The zero-order valence-corrected chi connectivity index (χ0v) is 15.6. The molecule has 0 atom stereocenters. The van der Waals surface area contributed by atoms with Crippen LogP contribution in [-0.4, -0.2) is 39.5 Å². The van der Waals surface area contributed by atoms with E-state index in [-0.39, 0.29) is 0 Å². The number of hydrogen-bond acceptors (Lipinski definition) is 6. The van der Waals surface area contributed by atoms with Crippen molar-refractivity contribution in [1.29, 1.82) is 0 Å². The Bertz CT molecular complexity index is 856. The van der Waals surface area contributed by atoms with Crippen molar-refractivity contribution in [2.45, 2.75) is 26.3 Å². The van der Waals surface area contributed by atoms with Crippen molar-refractivity contribution in [1.82, 2.24) is 19.9 Å². The third-order valence-corrected chi connectivity index (χ3v) is 5.04. The van der Waals surface area contributed by atoms with Crippen molar-refractivity contribution >= 4 is 5.95 Å². The highest BCUT2D eigenvalue weighted by Gasteiger charge is 2.20. The molecule has 0 aliphatic carbocycles. The predicted molar refractivity (Wildman–Crippen MR) is 105 cm³/mol. The van der Waals surface area contributed by atoms with Gasteiger partial charge in [0.15, 0.2) is 0 Å². The molecule has 6 heteroatoms. The standard InChI is InChI=1S/C21H25N5O/c1-16-4-5-19(27-16)15-26-11-7-17(8-12-26)13-24-21-23-10-6-20(25-21)18-3-2-9-22-14-18/h2-6,9-10,14,17H,7-8,11-13,15H2,1H3,(H,23,24,25). The molecule has 27 heavy (non-hydrogen) atoms. The van der Waals surface area contributed by atoms with Gasteiger partial charge in [-0.25, -0.2) is 9.97 Å². The molecule has 4 rings (SSSR count). The van der Waals surface area contributed by atoms with Crippen molar-refractivity contribution in [2.75, 3.05) is 25.0 Å². The Labute approximate surface area is 159 Å². The van der Waals surface area contributed by atoms with Crippen LogP contribution in [0.5, 0.6) is 0 Å². The number of nitrogens with one attached hydrogen (secondary N) is 1. The Morgan fingerprint density at radius 3 is 2.78 bits per heavy atom. The van der Waals surface area contributed by atoms with Gasteiger partial charge in [-0.2, -0.15) is 0 Å². The Kier molecular flexibility index (Phi) is 5.44. The van der Waals surface area contributed by atoms with Crippen molar-refractivity contribution in [2.24, 2.45) is 5.92 Å². The van der Waals surface area contributed by atoms with Crippen LogP contribution in [0, 0.1) is 12.8 Å². The van der Waals surface area contributed by atoms with Crippen LogP contribution in [0.4, 0.5) is 5.95 Å². The minimum Gasteiger partial charge on any atom is -0.465 e. The second-order valence-electron chi connectivity index (χ2n) is 7.12. The molecule has 1 fully saturated rings. The van der Waals surface area contributed by atoms with Gasteiger partial charge in [-0.3, -0.25) is 9.88 Å². The first-order valence-corrected chi connectivity index (χ1v) is 9.51. The number of piperidine rings is 1. The number of hydrogen-bond donors (Lipinski definition) is 1. The summed E-state index contributed by atoms with van der Waals surface area (Å²) in [4.78, 5) is 15.6.